The standard InChI is InChI=1S/C21H30N2O5/c1-26-12-8-20(24)23-9-7-19(28-18-5-3-2-4-6-18)17(16-23)15-21(25)22-10-13-27-14-11-22/h2-6,17,19H,7-16H2,1H3/t17-,19-/m0/s1. The molecule has 28 heavy (non-hydrogen) atoms. The van der Waals surface area contributed by atoms with Gasteiger partial charge in [0.1, 0.15) is 11.9 Å². The number of rotatable bonds is 7. The van der Waals surface area contributed by atoms with Crippen molar-refractivity contribution in [2.24, 2.45) is 5.92 Å². The number of hydrogen-bond acceptors (Lipinski definition) is 5. The van der Waals surface area contributed by atoms with Crippen LogP contribution in [0.2, 0.25) is 0 Å². The number of morpholine rings is 1. The van der Waals surface area contributed by atoms with Gasteiger partial charge >= 0.3 is 0 Å². The molecule has 7 heteroatoms. The summed E-state index contributed by atoms with van der Waals surface area (Å²) in [5, 5.41) is 0. The van der Waals surface area contributed by atoms with Crippen molar-refractivity contribution in [2.45, 2.75) is 25.4 Å². The first-order valence-corrected chi connectivity index (χ1v) is 10.0. The van der Waals surface area contributed by atoms with Crippen LogP contribution in [0.1, 0.15) is 19.3 Å². The van der Waals surface area contributed by atoms with Crippen LogP contribution in [0.15, 0.2) is 30.3 Å². The number of nitrogens with zero attached hydrogens (tertiary/aromatic N) is 2. The van der Waals surface area contributed by atoms with Crippen molar-refractivity contribution in [3.8, 4) is 5.75 Å². The van der Waals surface area contributed by atoms with Gasteiger partial charge in [0, 0.05) is 52.0 Å². The van der Waals surface area contributed by atoms with E-state index < -0.39 is 0 Å². The van der Waals surface area contributed by atoms with Gasteiger partial charge in [-0.1, -0.05) is 18.2 Å². The minimum Gasteiger partial charge on any atom is -0.490 e. The Morgan fingerprint density at radius 1 is 1.07 bits per heavy atom. The van der Waals surface area contributed by atoms with Crippen LogP contribution in [0.25, 0.3) is 0 Å². The van der Waals surface area contributed by atoms with Gasteiger partial charge in [0.05, 0.1) is 26.2 Å². The molecule has 1 aromatic carbocycles. The van der Waals surface area contributed by atoms with E-state index >= 15 is 0 Å². The fraction of sp³-hybridized carbons (Fsp3) is 0.619. The normalized spacial score (nSPS) is 22.8. The third kappa shape index (κ3) is 5.69. The van der Waals surface area contributed by atoms with E-state index in [-0.39, 0.29) is 23.8 Å². The predicted octanol–water partition coefficient (Wildman–Crippen LogP) is 1.57. The summed E-state index contributed by atoms with van der Waals surface area (Å²) < 4.78 is 16.6. The van der Waals surface area contributed by atoms with Crippen LogP contribution in [-0.4, -0.2) is 80.8 Å². The minimum atomic E-state index is -0.0844. The number of hydrogen-bond donors (Lipinski definition) is 0. The van der Waals surface area contributed by atoms with Crippen molar-refractivity contribution >= 4 is 11.8 Å². The van der Waals surface area contributed by atoms with Crippen LogP contribution in [0.3, 0.4) is 0 Å². The monoisotopic (exact) mass is 390 g/mol. The Morgan fingerprint density at radius 2 is 1.82 bits per heavy atom. The molecule has 0 aliphatic carbocycles. The maximum Gasteiger partial charge on any atom is 0.224 e. The molecular formula is C21H30N2O5. The predicted molar refractivity (Wildman–Crippen MR) is 104 cm³/mol. The number of methoxy groups -OCH3 is 1. The van der Waals surface area contributed by atoms with Crippen molar-refractivity contribution in [1.29, 1.82) is 0 Å². The first-order chi connectivity index (χ1) is 13.7. The highest BCUT2D eigenvalue weighted by molar-refractivity contribution is 5.78. The van der Waals surface area contributed by atoms with E-state index in [4.69, 9.17) is 14.2 Å². The summed E-state index contributed by atoms with van der Waals surface area (Å²) in [6, 6.07) is 9.68. The van der Waals surface area contributed by atoms with Gasteiger partial charge in [-0.2, -0.15) is 0 Å². The summed E-state index contributed by atoms with van der Waals surface area (Å²) in [6.07, 6.45) is 1.38. The Balaban J connectivity index is 1.65. The van der Waals surface area contributed by atoms with Crippen LogP contribution in [0.5, 0.6) is 5.75 Å². The van der Waals surface area contributed by atoms with Crippen LogP contribution in [0.4, 0.5) is 0 Å². The van der Waals surface area contributed by atoms with Gasteiger partial charge < -0.3 is 24.0 Å². The number of para-hydroxylation sites is 1. The number of ether oxygens (including phenoxy) is 3. The lowest BCUT2D eigenvalue weighted by Crippen LogP contribution is -2.50. The Bertz CT molecular complexity index is 633. The molecule has 2 atom stereocenters. The molecule has 0 bridgehead atoms. The van der Waals surface area contributed by atoms with Crippen molar-refractivity contribution in [3.63, 3.8) is 0 Å². The number of likely N-dealkylation sites (tertiary alicyclic amines) is 1. The molecule has 1 aromatic rings. The van der Waals surface area contributed by atoms with Crippen molar-refractivity contribution in [1.82, 2.24) is 9.80 Å². The SMILES string of the molecule is COCCC(=O)N1CC[C@H](Oc2ccccc2)[C@@H](CC(=O)N2CCOCC2)C1. The van der Waals surface area contributed by atoms with E-state index in [1.54, 1.807) is 7.11 Å². The third-order valence-electron chi connectivity index (χ3n) is 5.37. The quantitative estimate of drug-likeness (QED) is 0.707. The van der Waals surface area contributed by atoms with E-state index in [0.717, 1.165) is 5.75 Å². The fourth-order valence-electron chi connectivity index (χ4n) is 3.78. The number of carbonyl (C=O) groups is 2. The summed E-state index contributed by atoms with van der Waals surface area (Å²) in [5.74, 6) is 0.955. The average molecular weight is 390 g/mol. The van der Waals surface area contributed by atoms with E-state index in [2.05, 4.69) is 0 Å². The van der Waals surface area contributed by atoms with Crippen LogP contribution in [0, 0.1) is 5.92 Å². The zero-order valence-electron chi connectivity index (χ0n) is 16.5. The maximum absolute atomic E-state index is 12.8. The zero-order valence-corrected chi connectivity index (χ0v) is 16.5. The number of piperidine rings is 1. The van der Waals surface area contributed by atoms with Gasteiger partial charge in [-0.15, -0.1) is 0 Å². The molecule has 0 aromatic heterocycles. The Kier molecular flexibility index (Phi) is 7.68. The van der Waals surface area contributed by atoms with E-state index in [0.29, 0.717) is 65.3 Å². The van der Waals surface area contributed by atoms with Crippen molar-refractivity contribution < 1.29 is 23.8 Å². The fourth-order valence-corrected chi connectivity index (χ4v) is 3.78. The topological polar surface area (TPSA) is 68.3 Å². The molecule has 0 unspecified atom stereocenters. The largest absolute Gasteiger partial charge is 0.490 e. The first kappa shape index (κ1) is 20.6. The second kappa shape index (κ2) is 10.4. The molecule has 0 radical (unpaired) electrons. The van der Waals surface area contributed by atoms with E-state index in [9.17, 15) is 9.59 Å². The highest BCUT2D eigenvalue weighted by Crippen LogP contribution is 2.27. The second-order valence-electron chi connectivity index (χ2n) is 7.30. The van der Waals surface area contributed by atoms with E-state index in [1.165, 1.54) is 0 Å². The van der Waals surface area contributed by atoms with Gasteiger partial charge in [0.25, 0.3) is 0 Å². The second-order valence-corrected chi connectivity index (χ2v) is 7.30. The maximum atomic E-state index is 12.8. The number of amides is 2. The molecule has 2 aliphatic rings. The minimum absolute atomic E-state index is 0.0317. The molecule has 2 amide bonds. The molecule has 154 valence electrons. The van der Waals surface area contributed by atoms with Crippen molar-refractivity contribution in [3.05, 3.63) is 30.3 Å². The lowest BCUT2D eigenvalue weighted by Gasteiger charge is -2.39. The summed E-state index contributed by atoms with van der Waals surface area (Å²) in [6.45, 7) is 4.03. The van der Waals surface area contributed by atoms with Gasteiger partial charge in [-0.3, -0.25) is 9.59 Å². The van der Waals surface area contributed by atoms with Crippen molar-refractivity contribution in [2.75, 3.05) is 53.1 Å². The summed E-state index contributed by atoms with van der Waals surface area (Å²) in [5.41, 5.74) is 0. The molecule has 0 N–H and O–H groups in total. The summed E-state index contributed by atoms with van der Waals surface area (Å²) in [4.78, 5) is 29.0. The van der Waals surface area contributed by atoms with Gasteiger partial charge in [-0.05, 0) is 12.1 Å². The van der Waals surface area contributed by atoms with E-state index in [1.807, 2.05) is 40.1 Å². The van der Waals surface area contributed by atoms with Gasteiger partial charge in [0.2, 0.25) is 11.8 Å². The summed E-state index contributed by atoms with van der Waals surface area (Å²) in [7, 11) is 1.59. The number of carbonyl (C=O) groups excluding carboxylic acids is 2. The highest BCUT2D eigenvalue weighted by atomic mass is 16.5. The molecule has 3 rings (SSSR count). The van der Waals surface area contributed by atoms with Crippen LogP contribution < -0.4 is 4.74 Å². The van der Waals surface area contributed by atoms with Crippen LogP contribution >= 0.6 is 0 Å². The third-order valence-corrected chi connectivity index (χ3v) is 5.37. The lowest BCUT2D eigenvalue weighted by molar-refractivity contribution is -0.141. The molecule has 2 fully saturated rings. The first-order valence-electron chi connectivity index (χ1n) is 10.0. The molecule has 0 saturated carbocycles. The lowest BCUT2D eigenvalue weighted by atomic mass is 9.90. The Labute approximate surface area is 166 Å². The average Bonchev–Trinajstić information content (AvgIpc) is 2.74. The molecule has 0 spiro atoms. The van der Waals surface area contributed by atoms with Crippen LogP contribution in [-0.2, 0) is 19.1 Å². The summed E-state index contributed by atoms with van der Waals surface area (Å²) >= 11 is 0. The molecule has 2 aliphatic heterocycles. The molecular weight excluding hydrogens is 360 g/mol. The van der Waals surface area contributed by atoms with Gasteiger partial charge in [0.15, 0.2) is 0 Å². The Hall–Kier alpha value is -2.12. The molecule has 2 saturated heterocycles. The smallest absolute Gasteiger partial charge is 0.224 e. The Morgan fingerprint density at radius 3 is 2.54 bits per heavy atom. The number of benzene rings is 1. The van der Waals surface area contributed by atoms with Gasteiger partial charge in [-0.25, -0.2) is 0 Å². The zero-order chi connectivity index (χ0) is 19.8. The highest BCUT2D eigenvalue weighted by Gasteiger charge is 2.35. The molecule has 2 heterocycles. The molecule has 7 nitrogen and oxygen atoms in total.